The largest absolute Gasteiger partial charge is 0.411 e. The molecule has 2 heterocycles. The standard InChI is InChI=1S/C24H18F2N3O3/c1-2-14-5-8-20-18(10-14)22(17-4-3-9-28-23(17)32-24(27)31)21(13-30)29(20)12-15-11-16(25)6-7-19(15)26/h3-11H,2,12H2,1H3,(H2,27,31). The second-order valence-corrected chi connectivity index (χ2v) is 7.13. The number of nitrogens with zero attached hydrogens (tertiary/aromatic N) is 2. The van der Waals surface area contributed by atoms with Crippen LogP contribution in [0.4, 0.5) is 13.6 Å². The number of amides is 1. The smallest absolute Gasteiger partial charge is 0.391 e. The van der Waals surface area contributed by atoms with Crippen molar-refractivity contribution in [2.75, 3.05) is 0 Å². The molecule has 4 aromatic rings. The van der Waals surface area contributed by atoms with Crippen LogP contribution >= 0.6 is 0 Å². The Morgan fingerprint density at radius 3 is 2.72 bits per heavy atom. The Balaban J connectivity index is 2.03. The summed E-state index contributed by atoms with van der Waals surface area (Å²) < 4.78 is 34.8. The van der Waals surface area contributed by atoms with Gasteiger partial charge in [-0.3, -0.25) is 4.79 Å². The molecule has 0 aliphatic heterocycles. The average molecular weight is 434 g/mol. The first kappa shape index (κ1) is 21.2. The number of rotatable bonds is 6. The molecule has 0 unspecified atom stereocenters. The molecule has 6 nitrogen and oxygen atoms in total. The molecule has 0 saturated heterocycles. The maximum absolute atomic E-state index is 14.4. The molecule has 2 N–H and O–H groups in total. The molecule has 32 heavy (non-hydrogen) atoms. The van der Waals surface area contributed by atoms with Crippen LogP contribution in [-0.4, -0.2) is 21.9 Å². The monoisotopic (exact) mass is 434 g/mol. The van der Waals surface area contributed by atoms with Gasteiger partial charge in [0.15, 0.2) is 0 Å². The van der Waals surface area contributed by atoms with Gasteiger partial charge in [-0.15, -0.1) is 0 Å². The normalized spacial score (nSPS) is 11.0. The first-order valence-corrected chi connectivity index (χ1v) is 9.82. The van der Waals surface area contributed by atoms with E-state index in [4.69, 9.17) is 10.5 Å². The van der Waals surface area contributed by atoms with Gasteiger partial charge in [-0.05, 0) is 54.4 Å². The molecule has 0 atom stereocenters. The predicted octanol–water partition coefficient (Wildman–Crippen LogP) is 4.51. The molecule has 0 aliphatic carbocycles. The Morgan fingerprint density at radius 1 is 1.19 bits per heavy atom. The molecule has 8 heteroatoms. The number of aryl methyl sites for hydroxylation is 1. The van der Waals surface area contributed by atoms with Gasteiger partial charge in [-0.1, -0.05) is 13.0 Å². The topological polar surface area (TPSA) is 87.2 Å². The number of carbonyl (C=O) groups excluding carboxylic acids is 2. The van der Waals surface area contributed by atoms with Crippen molar-refractivity contribution in [3.8, 4) is 17.0 Å². The first-order valence-electron chi connectivity index (χ1n) is 9.82. The Bertz CT molecular complexity index is 1350. The summed E-state index contributed by atoms with van der Waals surface area (Å²) in [5.41, 5.74) is 7.69. The lowest BCUT2D eigenvalue weighted by atomic mass is 10.0. The van der Waals surface area contributed by atoms with Crippen LogP contribution in [0.3, 0.4) is 0 Å². The molecule has 161 valence electrons. The fraction of sp³-hybridized carbons (Fsp3) is 0.125. The summed E-state index contributed by atoms with van der Waals surface area (Å²) in [6.45, 7) is 1.88. The van der Waals surface area contributed by atoms with Crippen molar-refractivity contribution in [1.82, 2.24) is 9.55 Å². The number of benzene rings is 2. The lowest BCUT2D eigenvalue weighted by molar-refractivity contribution is 0.209. The van der Waals surface area contributed by atoms with E-state index in [-0.39, 0.29) is 23.7 Å². The van der Waals surface area contributed by atoms with Crippen LogP contribution in [0.25, 0.3) is 22.0 Å². The first-order chi connectivity index (χ1) is 15.4. The van der Waals surface area contributed by atoms with Gasteiger partial charge in [-0.25, -0.2) is 18.6 Å². The molecule has 0 spiro atoms. The van der Waals surface area contributed by atoms with Crippen molar-refractivity contribution >= 4 is 23.3 Å². The number of aromatic nitrogens is 2. The lowest BCUT2D eigenvalue weighted by Gasteiger charge is -2.10. The third-order valence-electron chi connectivity index (χ3n) is 5.21. The Morgan fingerprint density at radius 2 is 2.00 bits per heavy atom. The number of halogens is 2. The van der Waals surface area contributed by atoms with Crippen LogP contribution in [0.1, 0.15) is 23.7 Å². The van der Waals surface area contributed by atoms with E-state index in [1.807, 2.05) is 25.3 Å². The molecule has 2 aromatic carbocycles. The second-order valence-electron chi connectivity index (χ2n) is 7.13. The third-order valence-corrected chi connectivity index (χ3v) is 5.21. The van der Waals surface area contributed by atoms with Crippen LogP contribution < -0.4 is 10.5 Å². The number of ether oxygens (including phenoxy) is 1. The predicted molar refractivity (Wildman–Crippen MR) is 115 cm³/mol. The maximum Gasteiger partial charge on any atom is 0.411 e. The number of hydrogen-bond acceptors (Lipinski definition) is 4. The van der Waals surface area contributed by atoms with Crippen LogP contribution in [-0.2, 0) is 17.8 Å². The van der Waals surface area contributed by atoms with E-state index in [1.165, 1.54) is 6.20 Å². The highest BCUT2D eigenvalue weighted by atomic mass is 19.1. The summed E-state index contributed by atoms with van der Waals surface area (Å²) in [5.74, 6) is -1.27. The number of pyridine rings is 1. The molecule has 0 bridgehead atoms. The number of nitrogens with two attached hydrogens (primary N) is 1. The van der Waals surface area contributed by atoms with Gasteiger partial charge in [0.25, 0.3) is 6.29 Å². The van der Waals surface area contributed by atoms with Gasteiger partial charge >= 0.3 is 6.09 Å². The van der Waals surface area contributed by atoms with Gasteiger partial charge in [0.1, 0.15) is 17.3 Å². The minimum Gasteiger partial charge on any atom is -0.391 e. The zero-order chi connectivity index (χ0) is 22.8. The lowest BCUT2D eigenvalue weighted by Crippen LogP contribution is -2.17. The van der Waals surface area contributed by atoms with Gasteiger partial charge < -0.3 is 15.0 Å². The van der Waals surface area contributed by atoms with E-state index in [0.717, 1.165) is 30.2 Å². The molecular weight excluding hydrogens is 416 g/mol. The van der Waals surface area contributed by atoms with Gasteiger partial charge in [0.2, 0.25) is 5.88 Å². The molecule has 1 radical (unpaired) electrons. The Hall–Kier alpha value is -4.07. The highest BCUT2D eigenvalue weighted by Crippen LogP contribution is 2.39. The molecule has 4 rings (SSSR count). The van der Waals surface area contributed by atoms with Crippen molar-refractivity contribution in [1.29, 1.82) is 0 Å². The summed E-state index contributed by atoms with van der Waals surface area (Å²) in [7, 11) is 0. The summed E-state index contributed by atoms with van der Waals surface area (Å²) in [6.07, 6.45) is 3.02. The molecule has 2 aromatic heterocycles. The molecule has 0 saturated carbocycles. The summed E-state index contributed by atoms with van der Waals surface area (Å²) in [4.78, 5) is 27.6. The quantitative estimate of drug-likeness (QED) is 0.484. The summed E-state index contributed by atoms with van der Waals surface area (Å²) in [5, 5.41) is 0.654. The fourth-order valence-corrected chi connectivity index (χ4v) is 3.76. The van der Waals surface area contributed by atoms with Crippen molar-refractivity contribution < 1.29 is 23.1 Å². The van der Waals surface area contributed by atoms with E-state index >= 15 is 0 Å². The van der Waals surface area contributed by atoms with Crippen LogP contribution in [0.2, 0.25) is 0 Å². The zero-order valence-corrected chi connectivity index (χ0v) is 17.1. The van der Waals surface area contributed by atoms with E-state index in [0.29, 0.717) is 22.0 Å². The van der Waals surface area contributed by atoms with Gasteiger partial charge in [-0.2, -0.15) is 0 Å². The minimum absolute atomic E-state index is 0.0734. The minimum atomic E-state index is -1.05. The number of fused-ring (bicyclic) bond motifs is 1. The van der Waals surface area contributed by atoms with Gasteiger partial charge in [0.05, 0.1) is 6.54 Å². The van der Waals surface area contributed by atoms with Crippen LogP contribution in [0.15, 0.2) is 54.7 Å². The number of primary amides is 1. The van der Waals surface area contributed by atoms with Crippen molar-refractivity contribution in [2.45, 2.75) is 19.9 Å². The van der Waals surface area contributed by atoms with E-state index in [9.17, 15) is 18.4 Å². The number of carbonyl (C=O) groups is 1. The highest BCUT2D eigenvalue weighted by Gasteiger charge is 2.23. The fourth-order valence-electron chi connectivity index (χ4n) is 3.76. The van der Waals surface area contributed by atoms with E-state index < -0.39 is 17.7 Å². The summed E-state index contributed by atoms with van der Waals surface area (Å²) >= 11 is 0. The van der Waals surface area contributed by atoms with Crippen molar-refractivity contribution in [3.63, 3.8) is 0 Å². The van der Waals surface area contributed by atoms with E-state index in [2.05, 4.69) is 4.98 Å². The van der Waals surface area contributed by atoms with Crippen molar-refractivity contribution in [3.05, 3.63) is 83.2 Å². The molecule has 0 fully saturated rings. The Kier molecular flexibility index (Phi) is 5.68. The SMILES string of the molecule is CCc1ccc2c(c1)c(-c1cccnc1OC(N)=O)c([C]=O)n2Cc1cc(F)ccc1F. The van der Waals surface area contributed by atoms with Gasteiger partial charge in [0, 0.05) is 33.8 Å². The molecular formula is C24H18F2N3O3. The van der Waals surface area contributed by atoms with Crippen molar-refractivity contribution in [2.24, 2.45) is 5.73 Å². The molecule has 1 amide bonds. The maximum atomic E-state index is 14.4. The van der Waals surface area contributed by atoms with Crippen LogP contribution in [0, 0.1) is 11.6 Å². The number of hydrogen-bond donors (Lipinski definition) is 1. The van der Waals surface area contributed by atoms with Crippen LogP contribution in [0.5, 0.6) is 5.88 Å². The second kappa shape index (κ2) is 8.58. The zero-order valence-electron chi connectivity index (χ0n) is 17.1. The highest BCUT2D eigenvalue weighted by molar-refractivity contribution is 6.06. The average Bonchev–Trinajstić information content (AvgIpc) is 3.08. The van der Waals surface area contributed by atoms with E-state index in [1.54, 1.807) is 22.8 Å². The summed E-state index contributed by atoms with van der Waals surface area (Å²) in [6, 6.07) is 12.0. The third kappa shape index (κ3) is 3.82. The molecule has 0 aliphatic rings. The Labute approximate surface area is 182 Å².